The highest BCUT2D eigenvalue weighted by Gasteiger charge is 2.49. The molecular weight excluding hydrogens is 343 g/mol. The maximum absolute atomic E-state index is 12.7. The number of rotatable bonds is 4. The third-order valence-corrected chi connectivity index (χ3v) is 5.86. The Balaban J connectivity index is 1.96. The Labute approximate surface area is 139 Å². The summed E-state index contributed by atoms with van der Waals surface area (Å²) >= 11 is 0. The molecule has 2 atom stereocenters. The minimum atomic E-state index is -5.65. The first-order valence-electron chi connectivity index (χ1n) is 8.11. The molecule has 4 nitrogen and oxygen atoms in total. The zero-order valence-corrected chi connectivity index (χ0v) is 14.2. The van der Waals surface area contributed by atoms with Crippen LogP contribution in [0.2, 0.25) is 0 Å². The summed E-state index contributed by atoms with van der Waals surface area (Å²) < 4.78 is 65.3. The Bertz CT molecular complexity index is 718. The lowest BCUT2D eigenvalue weighted by Gasteiger charge is -2.34. The summed E-state index contributed by atoms with van der Waals surface area (Å²) in [5.74, 6) is -0.141. The molecule has 0 aromatic heterocycles. The SMILES string of the molecule is CCCN1CC[C@@H]2c3c(cccc3OS(=O)(=O)C(F)(F)F)CC[C@@H]21. The van der Waals surface area contributed by atoms with E-state index >= 15 is 0 Å². The quantitative estimate of drug-likeness (QED) is 0.607. The number of benzene rings is 1. The van der Waals surface area contributed by atoms with Crippen LogP contribution in [-0.4, -0.2) is 38.0 Å². The van der Waals surface area contributed by atoms with Gasteiger partial charge < -0.3 is 4.18 Å². The molecule has 1 aromatic rings. The van der Waals surface area contributed by atoms with Crippen LogP contribution >= 0.6 is 0 Å². The summed E-state index contributed by atoms with van der Waals surface area (Å²) in [6, 6.07) is 4.98. The molecule has 8 heteroatoms. The monoisotopic (exact) mass is 363 g/mol. The number of hydrogen-bond acceptors (Lipinski definition) is 4. The van der Waals surface area contributed by atoms with Gasteiger partial charge in [-0.05, 0) is 50.4 Å². The van der Waals surface area contributed by atoms with Gasteiger partial charge in [0.05, 0.1) is 0 Å². The molecule has 1 aliphatic carbocycles. The van der Waals surface area contributed by atoms with Crippen molar-refractivity contribution in [2.75, 3.05) is 13.1 Å². The van der Waals surface area contributed by atoms with Crippen molar-refractivity contribution < 1.29 is 25.8 Å². The first kappa shape index (κ1) is 17.5. The van der Waals surface area contributed by atoms with Crippen molar-refractivity contribution in [1.82, 2.24) is 4.90 Å². The van der Waals surface area contributed by atoms with E-state index < -0.39 is 15.6 Å². The molecule has 1 saturated heterocycles. The molecule has 24 heavy (non-hydrogen) atoms. The highest BCUT2D eigenvalue weighted by atomic mass is 32.2. The fraction of sp³-hybridized carbons (Fsp3) is 0.625. The van der Waals surface area contributed by atoms with Crippen LogP contribution in [0.4, 0.5) is 13.2 Å². The lowest BCUT2D eigenvalue weighted by molar-refractivity contribution is -0.0500. The molecule has 1 fully saturated rings. The number of likely N-dealkylation sites (tertiary alicyclic amines) is 1. The van der Waals surface area contributed by atoms with Crippen LogP contribution in [0.15, 0.2) is 18.2 Å². The molecule has 0 saturated carbocycles. The summed E-state index contributed by atoms with van der Waals surface area (Å²) in [6.07, 6.45) is 3.48. The van der Waals surface area contributed by atoms with Gasteiger partial charge in [0.25, 0.3) is 0 Å². The van der Waals surface area contributed by atoms with Crippen LogP contribution in [-0.2, 0) is 16.5 Å². The van der Waals surface area contributed by atoms with Gasteiger partial charge in [-0.3, -0.25) is 4.90 Å². The van der Waals surface area contributed by atoms with Gasteiger partial charge in [0.2, 0.25) is 0 Å². The zero-order valence-electron chi connectivity index (χ0n) is 13.3. The minimum Gasteiger partial charge on any atom is -0.376 e. The number of fused-ring (bicyclic) bond motifs is 3. The number of nitrogens with zero attached hydrogens (tertiary/aromatic N) is 1. The van der Waals surface area contributed by atoms with Crippen LogP contribution in [0.25, 0.3) is 0 Å². The average molecular weight is 363 g/mol. The molecule has 0 unspecified atom stereocenters. The van der Waals surface area contributed by atoms with E-state index in [-0.39, 0.29) is 17.7 Å². The van der Waals surface area contributed by atoms with Crippen LogP contribution in [0.5, 0.6) is 5.75 Å². The second-order valence-electron chi connectivity index (χ2n) is 6.35. The average Bonchev–Trinajstić information content (AvgIpc) is 2.89. The standard InChI is InChI=1S/C16H20F3NO3S/c1-2-9-20-10-8-12-13(20)7-6-11-4-3-5-14(15(11)12)23-24(21,22)16(17,18)19/h3-5,12-13H,2,6-10H2,1H3/t12-,13-/m0/s1. The van der Waals surface area contributed by atoms with Crippen LogP contribution in [0, 0.1) is 0 Å². The van der Waals surface area contributed by atoms with Gasteiger partial charge in [-0.2, -0.15) is 21.6 Å². The van der Waals surface area contributed by atoms with E-state index in [9.17, 15) is 21.6 Å². The van der Waals surface area contributed by atoms with E-state index in [1.165, 1.54) is 6.07 Å². The van der Waals surface area contributed by atoms with Gasteiger partial charge in [0.1, 0.15) is 5.75 Å². The van der Waals surface area contributed by atoms with Gasteiger partial charge in [-0.15, -0.1) is 0 Å². The Morgan fingerprint density at radius 2 is 2.04 bits per heavy atom. The van der Waals surface area contributed by atoms with Gasteiger partial charge in [0, 0.05) is 17.5 Å². The van der Waals surface area contributed by atoms with E-state index in [1.807, 2.05) is 6.07 Å². The first-order valence-corrected chi connectivity index (χ1v) is 9.52. The van der Waals surface area contributed by atoms with Gasteiger partial charge >= 0.3 is 15.6 Å². The molecule has 3 rings (SSSR count). The largest absolute Gasteiger partial charge is 0.534 e. The molecule has 2 aliphatic rings. The summed E-state index contributed by atoms with van der Waals surface area (Å²) in [4.78, 5) is 2.35. The summed E-state index contributed by atoms with van der Waals surface area (Å²) in [5, 5.41) is 0. The van der Waals surface area contributed by atoms with Crippen molar-refractivity contribution in [3.8, 4) is 5.75 Å². The highest BCUT2D eigenvalue weighted by molar-refractivity contribution is 7.88. The Morgan fingerprint density at radius 1 is 1.29 bits per heavy atom. The Kier molecular flexibility index (Phi) is 4.55. The lowest BCUT2D eigenvalue weighted by atomic mass is 9.79. The Morgan fingerprint density at radius 3 is 2.71 bits per heavy atom. The van der Waals surface area contributed by atoms with Crippen molar-refractivity contribution in [3.05, 3.63) is 29.3 Å². The summed E-state index contributed by atoms with van der Waals surface area (Å²) in [5.41, 5.74) is -3.89. The molecule has 134 valence electrons. The topological polar surface area (TPSA) is 46.6 Å². The molecular formula is C16H20F3NO3S. The van der Waals surface area contributed by atoms with Crippen LogP contribution < -0.4 is 4.18 Å². The predicted molar refractivity (Wildman–Crippen MR) is 83.4 cm³/mol. The van der Waals surface area contributed by atoms with Crippen LogP contribution in [0.1, 0.15) is 43.2 Å². The molecule has 0 spiro atoms. The fourth-order valence-corrected chi connectivity index (χ4v) is 4.45. The number of aryl methyl sites for hydroxylation is 1. The third-order valence-electron chi connectivity index (χ3n) is 4.89. The summed E-state index contributed by atoms with van der Waals surface area (Å²) in [6.45, 7) is 3.91. The third kappa shape index (κ3) is 3.01. The maximum atomic E-state index is 12.7. The molecule has 0 radical (unpaired) electrons. The maximum Gasteiger partial charge on any atom is 0.534 e. The molecule has 1 heterocycles. The fourth-order valence-electron chi connectivity index (χ4n) is 3.97. The van der Waals surface area contributed by atoms with Gasteiger partial charge in [-0.1, -0.05) is 19.1 Å². The van der Waals surface area contributed by atoms with Crippen molar-refractivity contribution in [2.24, 2.45) is 0 Å². The zero-order chi connectivity index (χ0) is 17.5. The van der Waals surface area contributed by atoms with Gasteiger partial charge in [0.15, 0.2) is 0 Å². The Hall–Kier alpha value is -1.28. The van der Waals surface area contributed by atoms with Crippen LogP contribution in [0.3, 0.4) is 0 Å². The normalized spacial score (nSPS) is 24.5. The highest BCUT2D eigenvalue weighted by Crippen LogP contribution is 2.46. The molecule has 0 amide bonds. The molecule has 0 bridgehead atoms. The van der Waals surface area contributed by atoms with E-state index in [2.05, 4.69) is 16.0 Å². The molecule has 0 N–H and O–H groups in total. The van der Waals surface area contributed by atoms with E-state index in [1.54, 1.807) is 6.07 Å². The number of halogens is 3. The van der Waals surface area contributed by atoms with E-state index in [4.69, 9.17) is 0 Å². The first-order chi connectivity index (χ1) is 11.2. The van der Waals surface area contributed by atoms with Crippen molar-refractivity contribution in [3.63, 3.8) is 0 Å². The second kappa shape index (κ2) is 6.22. The van der Waals surface area contributed by atoms with Crippen molar-refractivity contribution in [1.29, 1.82) is 0 Å². The minimum absolute atomic E-state index is 0.0277. The number of hydrogen-bond donors (Lipinski definition) is 0. The summed E-state index contributed by atoms with van der Waals surface area (Å²) in [7, 11) is -5.65. The van der Waals surface area contributed by atoms with E-state index in [0.717, 1.165) is 44.3 Å². The van der Waals surface area contributed by atoms with Gasteiger partial charge in [-0.25, -0.2) is 0 Å². The van der Waals surface area contributed by atoms with Crippen molar-refractivity contribution >= 4 is 10.1 Å². The number of alkyl halides is 3. The lowest BCUT2D eigenvalue weighted by Crippen LogP contribution is -2.36. The predicted octanol–water partition coefficient (Wildman–Crippen LogP) is 3.43. The molecule has 1 aliphatic heterocycles. The molecule has 1 aromatic carbocycles. The van der Waals surface area contributed by atoms with E-state index in [0.29, 0.717) is 5.56 Å². The second-order valence-corrected chi connectivity index (χ2v) is 7.89. The van der Waals surface area contributed by atoms with Crippen molar-refractivity contribution in [2.45, 2.75) is 50.1 Å². The smallest absolute Gasteiger partial charge is 0.376 e.